The van der Waals surface area contributed by atoms with Crippen LogP contribution < -0.4 is 5.73 Å². The van der Waals surface area contributed by atoms with Crippen molar-refractivity contribution in [2.24, 2.45) is 5.73 Å². The zero-order valence-electron chi connectivity index (χ0n) is 4.24. The lowest BCUT2D eigenvalue weighted by atomic mass is 10.4. The Morgan fingerprint density at radius 2 is 2.50 bits per heavy atom. The molecule has 0 saturated carbocycles. The lowest BCUT2D eigenvalue weighted by molar-refractivity contribution is 0.101. The highest BCUT2D eigenvalue weighted by molar-refractivity contribution is 7.33. The Kier molecular flexibility index (Phi) is 1.91. The van der Waals surface area contributed by atoms with Gasteiger partial charge in [-0.15, -0.1) is 9.05 Å². The Bertz CT molecular complexity index is 107. The number of hydrogen-bond acceptors (Lipinski definition) is 4. The number of hydrogen-bond donors (Lipinski definition) is 1. The molecule has 2 N–H and O–H groups in total. The minimum atomic E-state index is -1.91. The van der Waals surface area contributed by atoms with Crippen LogP contribution in [0.25, 0.3) is 0 Å². The van der Waals surface area contributed by atoms with Gasteiger partial charge in [0.15, 0.2) is 6.23 Å². The largest absolute Gasteiger partial charge is 0.699 e. The third-order valence-corrected chi connectivity index (χ3v) is 1.66. The predicted molar refractivity (Wildman–Crippen MR) is 27.2 cm³/mol. The number of rotatable bonds is 0. The summed E-state index contributed by atoms with van der Waals surface area (Å²) < 4.78 is 19.4. The molecule has 46 valence electrons. The van der Waals surface area contributed by atoms with Crippen LogP contribution in [0.1, 0.15) is 6.42 Å². The monoisotopic (exact) mass is 136 g/mol. The van der Waals surface area contributed by atoms with E-state index in [1.807, 2.05) is 0 Å². The first kappa shape index (κ1) is 6.11. The molecule has 2 unspecified atom stereocenters. The molecule has 0 aromatic carbocycles. The van der Waals surface area contributed by atoms with E-state index in [0.717, 1.165) is 0 Å². The summed E-state index contributed by atoms with van der Waals surface area (Å²) in [5.74, 6) is 0. The summed E-state index contributed by atoms with van der Waals surface area (Å²) in [6, 6.07) is 0. The molecule has 0 aromatic rings. The molecule has 1 heterocycles. The Balaban J connectivity index is 2.34. The van der Waals surface area contributed by atoms with Gasteiger partial charge in [-0.25, -0.2) is 0 Å². The van der Waals surface area contributed by atoms with Crippen molar-refractivity contribution in [2.75, 3.05) is 6.61 Å². The molecule has 1 aliphatic rings. The average Bonchev–Trinajstić information content (AvgIpc) is 1.64. The fourth-order valence-electron chi connectivity index (χ4n) is 0.437. The molecule has 1 rings (SSSR count). The molecule has 0 spiro atoms. The van der Waals surface area contributed by atoms with E-state index in [-0.39, 0.29) is 0 Å². The summed E-state index contributed by atoms with van der Waals surface area (Å²) in [5, 5.41) is 0. The van der Waals surface area contributed by atoms with Crippen LogP contribution in [-0.4, -0.2) is 12.8 Å². The normalized spacial score (nSPS) is 35.1. The minimum Gasteiger partial charge on any atom is -0.302 e. The van der Waals surface area contributed by atoms with Crippen LogP contribution in [0.3, 0.4) is 0 Å². The lowest BCUT2D eigenvalue weighted by Gasteiger charge is -2.04. The molecular weight excluding hydrogens is 129 g/mol. The molecule has 8 heavy (non-hydrogen) atoms. The summed E-state index contributed by atoms with van der Waals surface area (Å²) in [5.41, 5.74) is 5.24. The van der Waals surface area contributed by atoms with Crippen molar-refractivity contribution in [2.45, 2.75) is 12.6 Å². The second-order valence-corrected chi connectivity index (χ2v) is 2.41. The van der Waals surface area contributed by atoms with Gasteiger partial charge in [0.1, 0.15) is 6.61 Å². The first-order valence-corrected chi connectivity index (χ1v) is 3.41. The molecule has 2 atom stereocenters. The van der Waals surface area contributed by atoms with Crippen LogP contribution >= 0.6 is 8.25 Å². The molecule has 0 aliphatic carbocycles. The highest BCUT2D eigenvalue weighted by Gasteiger charge is 2.30. The van der Waals surface area contributed by atoms with Crippen LogP contribution in [0, 0.1) is 0 Å². The molecule has 1 fully saturated rings. The predicted octanol–water partition coefficient (Wildman–Crippen LogP) is 0.365. The highest BCUT2D eigenvalue weighted by Crippen LogP contribution is 2.29. The van der Waals surface area contributed by atoms with E-state index in [1.54, 1.807) is 0 Å². The van der Waals surface area contributed by atoms with E-state index < -0.39 is 14.5 Å². The second kappa shape index (κ2) is 2.51. The van der Waals surface area contributed by atoms with Crippen LogP contribution in [-0.2, 0) is 13.6 Å². The molecular formula is C3H7NO3P+. The SMILES string of the molecule is NC1CCO[P+](=O)O1. The maximum atomic E-state index is 10.3. The van der Waals surface area contributed by atoms with E-state index >= 15 is 0 Å². The van der Waals surface area contributed by atoms with Crippen LogP contribution in [0.15, 0.2) is 0 Å². The Labute approximate surface area is 47.9 Å². The second-order valence-electron chi connectivity index (χ2n) is 1.49. The molecule has 4 nitrogen and oxygen atoms in total. The first-order valence-electron chi connectivity index (χ1n) is 2.31. The van der Waals surface area contributed by atoms with E-state index in [0.29, 0.717) is 13.0 Å². The first-order chi connectivity index (χ1) is 3.79. The summed E-state index contributed by atoms with van der Waals surface area (Å²) in [6.45, 7) is 0.441. The van der Waals surface area contributed by atoms with E-state index in [4.69, 9.17) is 5.73 Å². The topological polar surface area (TPSA) is 61.5 Å². The molecule has 0 amide bonds. The smallest absolute Gasteiger partial charge is 0.302 e. The van der Waals surface area contributed by atoms with Gasteiger partial charge in [0.2, 0.25) is 0 Å². The van der Waals surface area contributed by atoms with Crippen LogP contribution in [0.5, 0.6) is 0 Å². The van der Waals surface area contributed by atoms with Gasteiger partial charge >= 0.3 is 8.25 Å². The molecule has 0 aromatic heterocycles. The van der Waals surface area contributed by atoms with Gasteiger partial charge in [0, 0.05) is 11.0 Å². The van der Waals surface area contributed by atoms with Crippen molar-refractivity contribution in [3.05, 3.63) is 0 Å². The molecule has 5 heteroatoms. The molecule has 0 radical (unpaired) electrons. The fourth-order valence-corrected chi connectivity index (χ4v) is 1.08. The average molecular weight is 136 g/mol. The third kappa shape index (κ3) is 1.49. The third-order valence-electron chi connectivity index (χ3n) is 0.821. The van der Waals surface area contributed by atoms with Gasteiger partial charge in [0.05, 0.1) is 0 Å². The number of nitrogens with two attached hydrogens (primary N) is 1. The maximum Gasteiger partial charge on any atom is 0.699 e. The van der Waals surface area contributed by atoms with Gasteiger partial charge in [0.25, 0.3) is 0 Å². The van der Waals surface area contributed by atoms with Crippen LogP contribution in [0.4, 0.5) is 0 Å². The molecule has 0 bridgehead atoms. The minimum absolute atomic E-state index is 0.396. The quantitative estimate of drug-likeness (QED) is 0.488. The van der Waals surface area contributed by atoms with Gasteiger partial charge < -0.3 is 5.73 Å². The summed E-state index contributed by atoms with van der Waals surface area (Å²) >= 11 is 0. The highest BCUT2D eigenvalue weighted by atomic mass is 31.1. The van der Waals surface area contributed by atoms with Gasteiger partial charge in [-0.1, -0.05) is 0 Å². The van der Waals surface area contributed by atoms with Crippen molar-refractivity contribution in [1.82, 2.24) is 0 Å². The molecule has 1 saturated heterocycles. The van der Waals surface area contributed by atoms with Gasteiger partial charge in [-0.3, -0.25) is 0 Å². The van der Waals surface area contributed by atoms with Crippen molar-refractivity contribution < 1.29 is 13.6 Å². The van der Waals surface area contributed by atoms with E-state index in [9.17, 15) is 4.57 Å². The maximum absolute atomic E-state index is 10.3. The molecule has 1 aliphatic heterocycles. The summed E-state index contributed by atoms with van der Waals surface area (Å²) in [6.07, 6.45) is 0.230. The van der Waals surface area contributed by atoms with Crippen molar-refractivity contribution in [3.63, 3.8) is 0 Å². The van der Waals surface area contributed by atoms with Crippen LogP contribution in [0.2, 0.25) is 0 Å². The fraction of sp³-hybridized carbons (Fsp3) is 1.00. The van der Waals surface area contributed by atoms with Crippen molar-refractivity contribution in [3.8, 4) is 0 Å². The zero-order chi connectivity index (χ0) is 5.98. The standard InChI is InChI=1S/C3H7NO3P/c4-3-1-2-6-8(5)7-3/h3H,1-2,4H2/q+1. The van der Waals surface area contributed by atoms with Crippen molar-refractivity contribution >= 4 is 8.25 Å². The lowest BCUT2D eigenvalue weighted by Crippen LogP contribution is -2.25. The summed E-state index contributed by atoms with van der Waals surface area (Å²) in [4.78, 5) is 0. The van der Waals surface area contributed by atoms with Crippen molar-refractivity contribution in [1.29, 1.82) is 0 Å². The Morgan fingerprint density at radius 1 is 1.75 bits per heavy atom. The van der Waals surface area contributed by atoms with Gasteiger partial charge in [-0.2, -0.15) is 0 Å². The summed E-state index contributed by atoms with van der Waals surface area (Å²) in [7, 11) is -1.91. The Hall–Kier alpha value is -0.0200. The van der Waals surface area contributed by atoms with Gasteiger partial charge in [-0.05, 0) is 0 Å². The zero-order valence-corrected chi connectivity index (χ0v) is 5.14. The Morgan fingerprint density at radius 3 is 2.88 bits per heavy atom. The van der Waals surface area contributed by atoms with E-state index in [1.165, 1.54) is 0 Å². The van der Waals surface area contributed by atoms with E-state index in [2.05, 4.69) is 9.05 Å².